The van der Waals surface area contributed by atoms with Crippen LogP contribution in [-0.4, -0.2) is 73.2 Å². The fourth-order valence-corrected chi connectivity index (χ4v) is 6.42. The number of carboxylic acid groups (broad SMARTS) is 1. The number of esters is 1. The van der Waals surface area contributed by atoms with Gasteiger partial charge in [0.05, 0.1) is 5.39 Å². The van der Waals surface area contributed by atoms with Crippen LogP contribution in [0.2, 0.25) is 0 Å². The van der Waals surface area contributed by atoms with Gasteiger partial charge in [-0.2, -0.15) is 0 Å². The average Bonchev–Trinajstić information content (AvgIpc) is 2.99. The number of β-lactam (4-membered cyclic amide) rings is 1. The second kappa shape index (κ2) is 11.4. The van der Waals surface area contributed by atoms with Gasteiger partial charge in [0.25, 0.3) is 11.8 Å². The summed E-state index contributed by atoms with van der Waals surface area (Å²) >= 11 is 1.17. The van der Waals surface area contributed by atoms with Gasteiger partial charge in [0, 0.05) is 24.3 Å². The van der Waals surface area contributed by atoms with E-state index in [1.807, 2.05) is 0 Å². The SMILES string of the molecule is CC(=O)OCC1=C(C(=O)O)N2C(=O)[C@@](C)(NC(=O)C(NC(=O)c3coc4cc(O)c(O)cc4c3=O)c3ccccc3)[C@@H]2SC1. The second-order valence-corrected chi connectivity index (χ2v) is 11.3. The largest absolute Gasteiger partial charge is 0.504 e. The molecule has 3 atom stereocenters. The third kappa shape index (κ3) is 5.21. The van der Waals surface area contributed by atoms with Crippen LogP contribution in [0.25, 0.3) is 11.0 Å². The molecule has 2 aliphatic rings. The highest BCUT2D eigenvalue weighted by molar-refractivity contribution is 8.00. The van der Waals surface area contributed by atoms with E-state index in [4.69, 9.17) is 9.15 Å². The lowest BCUT2D eigenvalue weighted by Gasteiger charge is -2.56. The van der Waals surface area contributed by atoms with E-state index < -0.39 is 69.1 Å². The van der Waals surface area contributed by atoms with E-state index in [-0.39, 0.29) is 34.6 Å². The number of phenols is 2. The maximum absolute atomic E-state index is 13.7. The number of amides is 3. The van der Waals surface area contributed by atoms with E-state index in [9.17, 15) is 44.1 Å². The summed E-state index contributed by atoms with van der Waals surface area (Å²) in [6.45, 7) is 2.29. The smallest absolute Gasteiger partial charge is 0.352 e. The highest BCUT2D eigenvalue weighted by Gasteiger charge is 2.63. The Morgan fingerprint density at radius 3 is 2.48 bits per heavy atom. The summed E-state index contributed by atoms with van der Waals surface area (Å²) in [4.78, 5) is 77.8. The Balaban J connectivity index is 1.42. The van der Waals surface area contributed by atoms with Crippen LogP contribution in [0, 0.1) is 0 Å². The van der Waals surface area contributed by atoms with Crippen molar-refractivity contribution in [1.29, 1.82) is 0 Å². The quantitative estimate of drug-likeness (QED) is 0.137. The standard InChI is InChI=1S/C29H25N3O11S/c1-13(33)42-10-15-12-44-28-29(2,27(41)32(28)22(15)26(39)40)31-25(38)21(14-6-4-3-5-7-14)30-24(37)17-11-43-20-9-19(35)18(34)8-16(20)23(17)36/h3-9,11,21,28,34-35H,10,12H2,1-2H3,(H,30,37)(H,31,38)(H,39,40)/t21?,28-,29+/m0/s1. The molecule has 15 heteroatoms. The monoisotopic (exact) mass is 623 g/mol. The third-order valence-electron chi connectivity index (χ3n) is 7.20. The fourth-order valence-electron chi connectivity index (χ4n) is 4.99. The topological polar surface area (TPSA) is 213 Å². The van der Waals surface area contributed by atoms with E-state index in [0.717, 1.165) is 23.3 Å². The van der Waals surface area contributed by atoms with Gasteiger partial charge in [-0.25, -0.2) is 4.79 Å². The molecule has 5 rings (SSSR count). The summed E-state index contributed by atoms with van der Waals surface area (Å²) in [5.41, 5.74) is -2.79. The lowest BCUT2D eigenvalue weighted by Crippen LogP contribution is -2.79. The molecule has 1 unspecified atom stereocenters. The number of carboxylic acids is 1. The molecule has 14 nitrogen and oxygen atoms in total. The Kier molecular flexibility index (Phi) is 7.82. The van der Waals surface area contributed by atoms with Gasteiger partial charge in [-0.1, -0.05) is 30.3 Å². The van der Waals surface area contributed by atoms with Crippen molar-refractivity contribution in [3.63, 3.8) is 0 Å². The molecule has 1 saturated heterocycles. The molecule has 0 spiro atoms. The number of nitrogens with zero attached hydrogens (tertiary/aromatic N) is 1. The van der Waals surface area contributed by atoms with Crippen molar-refractivity contribution in [1.82, 2.24) is 15.5 Å². The molecule has 228 valence electrons. The molecule has 44 heavy (non-hydrogen) atoms. The van der Waals surface area contributed by atoms with Gasteiger partial charge in [0.15, 0.2) is 11.5 Å². The van der Waals surface area contributed by atoms with E-state index in [1.54, 1.807) is 30.3 Å². The number of carbonyl (C=O) groups excluding carboxylic acids is 4. The van der Waals surface area contributed by atoms with Gasteiger partial charge >= 0.3 is 11.9 Å². The number of rotatable bonds is 8. The molecule has 0 radical (unpaired) electrons. The summed E-state index contributed by atoms with van der Waals surface area (Å²) in [5.74, 6) is -5.58. The Hall–Kier alpha value is -5.31. The van der Waals surface area contributed by atoms with Gasteiger partial charge in [-0.3, -0.25) is 28.9 Å². The van der Waals surface area contributed by atoms with E-state index in [1.165, 1.54) is 25.6 Å². The molecule has 3 heterocycles. The first kappa shape index (κ1) is 30.2. The van der Waals surface area contributed by atoms with Crippen LogP contribution in [0.4, 0.5) is 0 Å². The first-order valence-electron chi connectivity index (χ1n) is 13.0. The maximum Gasteiger partial charge on any atom is 0.352 e. The van der Waals surface area contributed by atoms with Crippen LogP contribution < -0.4 is 16.1 Å². The number of thioether (sulfide) groups is 1. The Morgan fingerprint density at radius 2 is 1.82 bits per heavy atom. The molecule has 0 bridgehead atoms. The zero-order chi connectivity index (χ0) is 31.9. The molecule has 2 aliphatic heterocycles. The molecular formula is C29H25N3O11S. The number of aromatic hydroxyl groups is 2. The zero-order valence-electron chi connectivity index (χ0n) is 23.2. The molecule has 5 N–H and O–H groups in total. The predicted molar refractivity (Wildman–Crippen MR) is 153 cm³/mol. The van der Waals surface area contributed by atoms with Gasteiger partial charge < -0.3 is 35.1 Å². The van der Waals surface area contributed by atoms with Crippen LogP contribution in [0.1, 0.15) is 35.8 Å². The van der Waals surface area contributed by atoms with Crippen LogP contribution in [0.15, 0.2) is 69.2 Å². The number of nitrogens with one attached hydrogen (secondary N) is 2. The lowest BCUT2D eigenvalue weighted by molar-refractivity contribution is -0.158. The summed E-state index contributed by atoms with van der Waals surface area (Å²) < 4.78 is 10.3. The maximum atomic E-state index is 13.7. The van der Waals surface area contributed by atoms with Crippen molar-refractivity contribution >= 4 is 52.4 Å². The number of benzene rings is 2. The zero-order valence-corrected chi connectivity index (χ0v) is 24.0. The van der Waals surface area contributed by atoms with E-state index in [2.05, 4.69) is 10.6 Å². The minimum Gasteiger partial charge on any atom is -0.504 e. The van der Waals surface area contributed by atoms with Crippen LogP contribution >= 0.6 is 11.8 Å². The highest BCUT2D eigenvalue weighted by atomic mass is 32.2. The number of hydrogen-bond acceptors (Lipinski definition) is 11. The van der Waals surface area contributed by atoms with Crippen molar-refractivity contribution in [3.8, 4) is 11.5 Å². The highest BCUT2D eigenvalue weighted by Crippen LogP contribution is 2.46. The summed E-state index contributed by atoms with van der Waals surface area (Å²) in [7, 11) is 0. The number of fused-ring (bicyclic) bond motifs is 2. The molecule has 0 saturated carbocycles. The van der Waals surface area contributed by atoms with Crippen molar-refractivity contribution in [2.24, 2.45) is 0 Å². The van der Waals surface area contributed by atoms with Gasteiger partial charge in [0.2, 0.25) is 11.3 Å². The molecule has 1 fully saturated rings. The van der Waals surface area contributed by atoms with Gasteiger partial charge in [0.1, 0.15) is 46.7 Å². The number of ether oxygens (including phenoxy) is 1. The molecule has 3 aromatic rings. The van der Waals surface area contributed by atoms with Crippen molar-refractivity contribution in [2.45, 2.75) is 30.8 Å². The Morgan fingerprint density at radius 1 is 1.14 bits per heavy atom. The van der Waals surface area contributed by atoms with Gasteiger partial charge in [-0.05, 0) is 18.6 Å². The van der Waals surface area contributed by atoms with E-state index >= 15 is 0 Å². The van der Waals surface area contributed by atoms with E-state index in [0.29, 0.717) is 5.56 Å². The molecule has 2 aromatic carbocycles. The summed E-state index contributed by atoms with van der Waals surface area (Å²) in [5, 5.41) is 33.5. The Labute approximate surface area is 252 Å². The van der Waals surface area contributed by atoms with Gasteiger partial charge in [-0.15, -0.1) is 11.8 Å². The average molecular weight is 624 g/mol. The lowest BCUT2D eigenvalue weighted by atomic mass is 9.87. The summed E-state index contributed by atoms with van der Waals surface area (Å²) in [6, 6.07) is 8.56. The van der Waals surface area contributed by atoms with Crippen molar-refractivity contribution in [3.05, 3.63) is 81.3 Å². The number of carbonyl (C=O) groups is 5. The summed E-state index contributed by atoms with van der Waals surface area (Å²) in [6.07, 6.45) is 0.858. The fraction of sp³-hybridized carbons (Fsp3) is 0.241. The minimum atomic E-state index is -1.57. The Bertz CT molecular complexity index is 1820. The second-order valence-electron chi connectivity index (χ2n) is 10.2. The van der Waals surface area contributed by atoms with Crippen LogP contribution in [-0.2, 0) is 23.9 Å². The number of aliphatic carboxylic acids is 1. The number of hydrogen-bond donors (Lipinski definition) is 5. The first-order chi connectivity index (χ1) is 20.8. The normalized spacial score (nSPS) is 19.9. The van der Waals surface area contributed by atoms with Crippen molar-refractivity contribution in [2.75, 3.05) is 12.4 Å². The molecule has 0 aliphatic carbocycles. The minimum absolute atomic E-state index is 0.0871. The number of phenolic OH excluding ortho intramolecular Hbond substituents is 2. The first-order valence-corrected chi connectivity index (χ1v) is 14.1. The third-order valence-corrected chi connectivity index (χ3v) is 8.72. The van der Waals surface area contributed by atoms with Crippen LogP contribution in [0.5, 0.6) is 11.5 Å². The molecule has 3 amide bonds. The molecule has 1 aromatic heterocycles. The van der Waals surface area contributed by atoms with Crippen molar-refractivity contribution < 1.29 is 48.4 Å². The molecular weight excluding hydrogens is 598 g/mol. The van der Waals surface area contributed by atoms with Crippen LogP contribution in [0.3, 0.4) is 0 Å². The predicted octanol–water partition coefficient (Wildman–Crippen LogP) is 1.37.